The van der Waals surface area contributed by atoms with Gasteiger partial charge in [-0.1, -0.05) is 0 Å². The molecule has 1 unspecified atom stereocenters. The molecule has 144 valence electrons. The van der Waals surface area contributed by atoms with Gasteiger partial charge >= 0.3 is 0 Å². The van der Waals surface area contributed by atoms with E-state index in [-0.39, 0.29) is 11.9 Å². The summed E-state index contributed by atoms with van der Waals surface area (Å²) in [7, 11) is 1.82. The minimum absolute atomic E-state index is 0.0981. The predicted molar refractivity (Wildman–Crippen MR) is 105 cm³/mol. The first-order valence-electron chi connectivity index (χ1n) is 9.11. The minimum atomic E-state index is -0.173. The van der Waals surface area contributed by atoms with Gasteiger partial charge in [0, 0.05) is 19.3 Å². The van der Waals surface area contributed by atoms with Gasteiger partial charge < -0.3 is 9.73 Å². The fourth-order valence-electron chi connectivity index (χ4n) is 3.37. The Balaban J connectivity index is 1.69. The van der Waals surface area contributed by atoms with Gasteiger partial charge in [0.05, 0.1) is 35.1 Å². The number of pyridine rings is 1. The zero-order valence-electron chi connectivity index (χ0n) is 16.3. The molecule has 0 bridgehead atoms. The van der Waals surface area contributed by atoms with Gasteiger partial charge in [-0.25, -0.2) is 4.98 Å². The fraction of sp³-hybridized carbons (Fsp3) is 0.300. The Bertz CT molecular complexity index is 1140. The lowest BCUT2D eigenvalue weighted by Crippen LogP contribution is -2.36. The maximum atomic E-state index is 13.1. The highest BCUT2D eigenvalue weighted by Gasteiger charge is 2.21. The summed E-state index contributed by atoms with van der Waals surface area (Å²) in [6.45, 7) is 6.36. The molecule has 8 nitrogen and oxygen atoms in total. The normalized spacial score (nSPS) is 12.4. The molecule has 8 heteroatoms. The van der Waals surface area contributed by atoms with Gasteiger partial charge in [0.25, 0.3) is 5.91 Å². The second-order valence-corrected chi connectivity index (χ2v) is 6.99. The summed E-state index contributed by atoms with van der Waals surface area (Å²) in [6.07, 6.45) is 3.49. The van der Waals surface area contributed by atoms with Gasteiger partial charge in [-0.3, -0.25) is 14.2 Å². The molecule has 4 rings (SSSR count). The van der Waals surface area contributed by atoms with E-state index in [4.69, 9.17) is 4.42 Å². The molecule has 0 aliphatic rings. The number of amides is 1. The number of hydrogen-bond donors (Lipinski definition) is 1. The van der Waals surface area contributed by atoms with Crippen molar-refractivity contribution in [1.29, 1.82) is 0 Å². The zero-order chi connectivity index (χ0) is 19.8. The van der Waals surface area contributed by atoms with Crippen molar-refractivity contribution >= 4 is 16.9 Å². The highest BCUT2D eigenvalue weighted by atomic mass is 16.3. The Morgan fingerprint density at radius 3 is 2.79 bits per heavy atom. The van der Waals surface area contributed by atoms with Crippen LogP contribution >= 0.6 is 0 Å². The van der Waals surface area contributed by atoms with Crippen molar-refractivity contribution in [1.82, 2.24) is 29.9 Å². The summed E-state index contributed by atoms with van der Waals surface area (Å²) in [6, 6.07) is 7.22. The zero-order valence-corrected chi connectivity index (χ0v) is 16.3. The minimum Gasteiger partial charge on any atom is -0.463 e. The maximum absolute atomic E-state index is 13.1. The van der Waals surface area contributed by atoms with Crippen LogP contribution < -0.4 is 5.32 Å². The number of furan rings is 1. The topological polar surface area (TPSA) is 90.8 Å². The Kier molecular flexibility index (Phi) is 4.46. The van der Waals surface area contributed by atoms with Gasteiger partial charge in [-0.15, -0.1) is 0 Å². The van der Waals surface area contributed by atoms with Gasteiger partial charge in [0.15, 0.2) is 11.4 Å². The van der Waals surface area contributed by atoms with Crippen LogP contribution in [-0.2, 0) is 13.6 Å². The quantitative estimate of drug-likeness (QED) is 0.577. The van der Waals surface area contributed by atoms with Crippen molar-refractivity contribution in [2.24, 2.45) is 7.05 Å². The van der Waals surface area contributed by atoms with Crippen molar-refractivity contribution < 1.29 is 9.21 Å². The van der Waals surface area contributed by atoms with E-state index in [9.17, 15) is 4.79 Å². The molecule has 1 atom stereocenters. The van der Waals surface area contributed by atoms with E-state index in [0.717, 1.165) is 16.8 Å². The molecule has 0 radical (unpaired) electrons. The molecule has 0 saturated carbocycles. The fourth-order valence-corrected chi connectivity index (χ4v) is 3.37. The summed E-state index contributed by atoms with van der Waals surface area (Å²) in [4.78, 5) is 17.8. The predicted octanol–water partition coefficient (Wildman–Crippen LogP) is 2.86. The Labute approximate surface area is 162 Å². The number of fused-ring (bicyclic) bond motifs is 1. The van der Waals surface area contributed by atoms with E-state index < -0.39 is 0 Å². The summed E-state index contributed by atoms with van der Waals surface area (Å²) < 4.78 is 8.99. The molecule has 1 N–H and O–H groups in total. The van der Waals surface area contributed by atoms with Gasteiger partial charge in [-0.2, -0.15) is 10.2 Å². The van der Waals surface area contributed by atoms with E-state index in [0.29, 0.717) is 29.2 Å². The molecule has 0 fully saturated rings. The molecule has 4 aromatic heterocycles. The number of rotatable bonds is 5. The van der Waals surface area contributed by atoms with E-state index in [2.05, 4.69) is 20.5 Å². The van der Waals surface area contributed by atoms with E-state index in [1.807, 2.05) is 50.8 Å². The smallest absolute Gasteiger partial charge is 0.252 e. The first-order valence-corrected chi connectivity index (χ1v) is 9.11. The van der Waals surface area contributed by atoms with Crippen LogP contribution in [0, 0.1) is 13.8 Å². The van der Waals surface area contributed by atoms with E-state index >= 15 is 0 Å². The number of hydrogen-bond acceptors (Lipinski definition) is 5. The Morgan fingerprint density at radius 1 is 1.29 bits per heavy atom. The van der Waals surface area contributed by atoms with Crippen LogP contribution in [0.4, 0.5) is 0 Å². The van der Waals surface area contributed by atoms with Crippen LogP contribution in [0.3, 0.4) is 0 Å². The SMILES string of the molecule is Cc1ccn(CC(C)NC(=O)c2cc(-c3ccco3)nc3c2c(C)nn3C)n1. The summed E-state index contributed by atoms with van der Waals surface area (Å²) in [5.41, 5.74) is 3.48. The van der Waals surface area contributed by atoms with Crippen LogP contribution in [0.5, 0.6) is 0 Å². The molecule has 0 aromatic carbocycles. The molecule has 28 heavy (non-hydrogen) atoms. The number of nitrogens with zero attached hydrogens (tertiary/aromatic N) is 5. The van der Waals surface area contributed by atoms with Crippen molar-refractivity contribution in [3.8, 4) is 11.5 Å². The van der Waals surface area contributed by atoms with Crippen molar-refractivity contribution in [2.45, 2.75) is 33.4 Å². The molecule has 4 aromatic rings. The first kappa shape index (κ1) is 18.0. The maximum Gasteiger partial charge on any atom is 0.252 e. The molecule has 4 heterocycles. The standard InChI is InChI=1S/C20H22N6O2/c1-12-7-8-26(23-12)11-13(2)21-20(27)15-10-16(17-6-5-9-28-17)22-19-18(15)14(3)24-25(19)4/h5-10,13H,11H2,1-4H3,(H,21,27). The third-order valence-electron chi connectivity index (χ3n) is 4.60. The van der Waals surface area contributed by atoms with Crippen molar-refractivity contribution in [2.75, 3.05) is 0 Å². The lowest BCUT2D eigenvalue weighted by atomic mass is 10.1. The number of carbonyl (C=O) groups excluding carboxylic acids is 1. The average Bonchev–Trinajstić information content (AvgIpc) is 3.37. The van der Waals surface area contributed by atoms with Crippen molar-refractivity contribution in [3.05, 3.63) is 53.7 Å². The van der Waals surface area contributed by atoms with Crippen LogP contribution in [0.25, 0.3) is 22.5 Å². The molecular weight excluding hydrogens is 356 g/mol. The summed E-state index contributed by atoms with van der Waals surface area (Å²) in [5, 5.41) is 12.6. The van der Waals surface area contributed by atoms with Gasteiger partial charge in [-0.05, 0) is 45.0 Å². The average molecular weight is 378 g/mol. The lowest BCUT2D eigenvalue weighted by molar-refractivity contribution is 0.0937. The van der Waals surface area contributed by atoms with E-state index in [1.54, 1.807) is 23.1 Å². The molecule has 1 amide bonds. The second kappa shape index (κ2) is 6.95. The van der Waals surface area contributed by atoms with Gasteiger partial charge in [0.2, 0.25) is 0 Å². The molecular formula is C20H22N6O2. The number of nitrogens with one attached hydrogen (secondary N) is 1. The Hall–Kier alpha value is -3.42. The first-order chi connectivity index (χ1) is 13.4. The highest BCUT2D eigenvalue weighted by molar-refractivity contribution is 6.07. The number of carbonyl (C=O) groups is 1. The van der Waals surface area contributed by atoms with E-state index in [1.165, 1.54) is 0 Å². The second-order valence-electron chi connectivity index (χ2n) is 6.99. The molecule has 0 saturated heterocycles. The van der Waals surface area contributed by atoms with Gasteiger partial charge in [0.1, 0.15) is 5.69 Å². The van der Waals surface area contributed by atoms with Crippen LogP contribution in [0.2, 0.25) is 0 Å². The van der Waals surface area contributed by atoms with Crippen LogP contribution in [-0.4, -0.2) is 36.5 Å². The third kappa shape index (κ3) is 3.28. The summed E-state index contributed by atoms with van der Waals surface area (Å²) >= 11 is 0. The highest BCUT2D eigenvalue weighted by Crippen LogP contribution is 2.27. The monoisotopic (exact) mass is 378 g/mol. The largest absolute Gasteiger partial charge is 0.463 e. The molecule has 0 aliphatic carbocycles. The molecule has 0 spiro atoms. The lowest BCUT2D eigenvalue weighted by Gasteiger charge is -2.15. The number of aromatic nitrogens is 5. The summed E-state index contributed by atoms with van der Waals surface area (Å²) in [5.74, 6) is 0.433. The van der Waals surface area contributed by atoms with Crippen LogP contribution in [0.1, 0.15) is 28.7 Å². The molecule has 0 aliphatic heterocycles. The van der Waals surface area contributed by atoms with Crippen LogP contribution in [0.15, 0.2) is 41.1 Å². The third-order valence-corrected chi connectivity index (χ3v) is 4.60. The number of aryl methyl sites for hydroxylation is 3. The Morgan fingerprint density at radius 2 is 2.11 bits per heavy atom. The van der Waals surface area contributed by atoms with Crippen molar-refractivity contribution in [3.63, 3.8) is 0 Å².